The van der Waals surface area contributed by atoms with E-state index in [2.05, 4.69) is 63.3 Å². The molecule has 3 heteroatoms. The van der Waals surface area contributed by atoms with Crippen LogP contribution in [0.2, 0.25) is 0 Å². The number of rotatable bonds is 7. The number of hydrogen-bond donors (Lipinski definition) is 1. The van der Waals surface area contributed by atoms with Crippen molar-refractivity contribution in [3.63, 3.8) is 0 Å². The summed E-state index contributed by atoms with van der Waals surface area (Å²) in [6, 6.07) is 12.5. The van der Waals surface area contributed by atoms with E-state index in [0.717, 1.165) is 23.7 Å². The van der Waals surface area contributed by atoms with Gasteiger partial charge in [0.2, 0.25) is 0 Å². The van der Waals surface area contributed by atoms with E-state index in [-0.39, 0.29) is 0 Å². The Morgan fingerprint density at radius 2 is 1.78 bits per heavy atom. The van der Waals surface area contributed by atoms with Crippen LogP contribution in [-0.2, 0) is 6.54 Å². The van der Waals surface area contributed by atoms with Crippen molar-refractivity contribution in [1.82, 2.24) is 0 Å². The summed E-state index contributed by atoms with van der Waals surface area (Å²) in [4.78, 5) is 0. The molecule has 0 radical (unpaired) electrons. The minimum Gasteiger partial charge on any atom is -0.493 e. The van der Waals surface area contributed by atoms with Crippen molar-refractivity contribution in [3.05, 3.63) is 53.1 Å². The van der Waals surface area contributed by atoms with Gasteiger partial charge in [-0.05, 0) is 49.1 Å². The van der Waals surface area contributed by atoms with Gasteiger partial charge in [0.15, 0.2) is 11.5 Å². The summed E-state index contributed by atoms with van der Waals surface area (Å²) in [6.07, 6.45) is 0. The van der Waals surface area contributed by atoms with Crippen molar-refractivity contribution < 1.29 is 9.47 Å². The van der Waals surface area contributed by atoms with Crippen LogP contribution in [0.5, 0.6) is 11.5 Å². The van der Waals surface area contributed by atoms with E-state index >= 15 is 0 Å². The summed E-state index contributed by atoms with van der Waals surface area (Å²) in [7, 11) is 1.67. The topological polar surface area (TPSA) is 30.5 Å². The highest BCUT2D eigenvalue weighted by Crippen LogP contribution is 2.29. The van der Waals surface area contributed by atoms with Crippen molar-refractivity contribution in [3.8, 4) is 11.5 Å². The predicted molar refractivity (Wildman–Crippen MR) is 96.6 cm³/mol. The zero-order valence-electron chi connectivity index (χ0n) is 14.8. The molecule has 23 heavy (non-hydrogen) atoms. The van der Waals surface area contributed by atoms with Crippen LogP contribution in [0, 0.1) is 19.8 Å². The molecule has 2 aromatic rings. The fourth-order valence-electron chi connectivity index (χ4n) is 2.41. The highest BCUT2D eigenvalue weighted by Gasteiger charge is 2.07. The first-order valence-corrected chi connectivity index (χ1v) is 8.10. The number of benzene rings is 2. The Labute approximate surface area is 139 Å². The molecule has 0 heterocycles. The van der Waals surface area contributed by atoms with Crippen LogP contribution in [-0.4, -0.2) is 13.7 Å². The number of aryl methyl sites for hydroxylation is 2. The van der Waals surface area contributed by atoms with Crippen LogP contribution in [0.25, 0.3) is 0 Å². The Morgan fingerprint density at radius 3 is 2.43 bits per heavy atom. The number of ether oxygens (including phenoxy) is 2. The maximum Gasteiger partial charge on any atom is 0.161 e. The van der Waals surface area contributed by atoms with Crippen molar-refractivity contribution in [2.75, 3.05) is 19.0 Å². The maximum absolute atomic E-state index is 5.87. The Hall–Kier alpha value is -2.16. The molecule has 0 aliphatic heterocycles. The number of anilines is 1. The van der Waals surface area contributed by atoms with Gasteiger partial charge in [0.1, 0.15) is 0 Å². The van der Waals surface area contributed by atoms with Gasteiger partial charge in [-0.15, -0.1) is 0 Å². The molecule has 0 aliphatic carbocycles. The Bertz CT molecular complexity index is 650. The first-order chi connectivity index (χ1) is 11.0. The van der Waals surface area contributed by atoms with E-state index in [1.54, 1.807) is 7.11 Å². The van der Waals surface area contributed by atoms with Gasteiger partial charge in [0.05, 0.1) is 13.7 Å². The monoisotopic (exact) mass is 313 g/mol. The third kappa shape index (κ3) is 4.92. The fourth-order valence-corrected chi connectivity index (χ4v) is 2.41. The van der Waals surface area contributed by atoms with E-state index in [9.17, 15) is 0 Å². The molecule has 0 saturated heterocycles. The van der Waals surface area contributed by atoms with E-state index in [4.69, 9.17) is 9.47 Å². The smallest absolute Gasteiger partial charge is 0.161 e. The average Bonchev–Trinajstić information content (AvgIpc) is 2.52. The molecule has 0 saturated carbocycles. The fraction of sp³-hybridized carbons (Fsp3) is 0.400. The Morgan fingerprint density at radius 1 is 1.00 bits per heavy atom. The van der Waals surface area contributed by atoms with Gasteiger partial charge in [-0.2, -0.15) is 0 Å². The van der Waals surface area contributed by atoms with Gasteiger partial charge in [-0.25, -0.2) is 0 Å². The molecule has 2 aromatic carbocycles. The van der Waals surface area contributed by atoms with E-state index < -0.39 is 0 Å². The summed E-state index contributed by atoms with van der Waals surface area (Å²) in [5, 5.41) is 3.49. The lowest BCUT2D eigenvalue weighted by Crippen LogP contribution is -2.07. The van der Waals surface area contributed by atoms with Gasteiger partial charge in [0.25, 0.3) is 0 Å². The zero-order chi connectivity index (χ0) is 16.8. The van der Waals surface area contributed by atoms with Crippen LogP contribution in [0.1, 0.15) is 30.5 Å². The first kappa shape index (κ1) is 17.2. The molecule has 0 atom stereocenters. The Kier molecular flexibility index (Phi) is 5.91. The second-order valence-electron chi connectivity index (χ2n) is 6.36. The SMILES string of the molecule is COc1ccc(CNc2ccc(C)cc2C)cc1OCC(C)C. The van der Waals surface area contributed by atoms with Gasteiger partial charge in [-0.1, -0.05) is 37.6 Å². The van der Waals surface area contributed by atoms with Crippen LogP contribution in [0.3, 0.4) is 0 Å². The molecule has 0 spiro atoms. The Balaban J connectivity index is 2.08. The highest BCUT2D eigenvalue weighted by molar-refractivity contribution is 5.53. The quantitative estimate of drug-likeness (QED) is 0.783. The molecule has 3 nitrogen and oxygen atoms in total. The van der Waals surface area contributed by atoms with Gasteiger partial charge < -0.3 is 14.8 Å². The molecule has 0 amide bonds. The average molecular weight is 313 g/mol. The van der Waals surface area contributed by atoms with Gasteiger partial charge >= 0.3 is 0 Å². The standard InChI is InChI=1S/C20H27NO2/c1-14(2)13-23-20-11-17(7-9-19(20)22-5)12-21-18-8-6-15(3)10-16(18)4/h6-11,14,21H,12-13H2,1-5H3. The molecular weight excluding hydrogens is 286 g/mol. The van der Waals surface area contributed by atoms with Crippen LogP contribution >= 0.6 is 0 Å². The first-order valence-electron chi connectivity index (χ1n) is 8.10. The second-order valence-corrected chi connectivity index (χ2v) is 6.36. The minimum absolute atomic E-state index is 0.483. The molecule has 0 fully saturated rings. The van der Waals surface area contributed by atoms with Gasteiger partial charge in [-0.3, -0.25) is 0 Å². The van der Waals surface area contributed by atoms with Crippen LogP contribution in [0.15, 0.2) is 36.4 Å². The molecule has 1 N–H and O–H groups in total. The molecular formula is C20H27NO2. The van der Waals surface area contributed by atoms with Crippen molar-refractivity contribution in [1.29, 1.82) is 0 Å². The van der Waals surface area contributed by atoms with Gasteiger partial charge in [0, 0.05) is 12.2 Å². The third-order valence-electron chi connectivity index (χ3n) is 3.67. The van der Waals surface area contributed by atoms with Crippen LogP contribution < -0.4 is 14.8 Å². The van der Waals surface area contributed by atoms with Crippen LogP contribution in [0.4, 0.5) is 5.69 Å². The molecule has 0 aliphatic rings. The molecule has 2 rings (SSSR count). The second kappa shape index (κ2) is 7.91. The molecule has 124 valence electrons. The normalized spacial score (nSPS) is 10.7. The molecule has 0 bridgehead atoms. The van der Waals surface area contributed by atoms with E-state index in [1.807, 2.05) is 6.07 Å². The molecule has 0 unspecified atom stereocenters. The zero-order valence-corrected chi connectivity index (χ0v) is 14.8. The predicted octanol–water partition coefficient (Wildman–Crippen LogP) is 4.96. The lowest BCUT2D eigenvalue weighted by atomic mass is 10.1. The minimum atomic E-state index is 0.483. The highest BCUT2D eigenvalue weighted by atomic mass is 16.5. The largest absolute Gasteiger partial charge is 0.493 e. The maximum atomic E-state index is 5.87. The number of nitrogens with one attached hydrogen (secondary N) is 1. The van der Waals surface area contributed by atoms with Crippen molar-refractivity contribution in [2.24, 2.45) is 5.92 Å². The van der Waals surface area contributed by atoms with E-state index in [1.165, 1.54) is 16.7 Å². The lowest BCUT2D eigenvalue weighted by molar-refractivity contribution is 0.256. The van der Waals surface area contributed by atoms with Crippen molar-refractivity contribution >= 4 is 5.69 Å². The summed E-state index contributed by atoms with van der Waals surface area (Å²) in [5.41, 5.74) is 4.87. The summed E-state index contributed by atoms with van der Waals surface area (Å²) >= 11 is 0. The summed E-state index contributed by atoms with van der Waals surface area (Å²) < 4.78 is 11.3. The molecule has 0 aromatic heterocycles. The van der Waals surface area contributed by atoms with Crippen molar-refractivity contribution in [2.45, 2.75) is 34.2 Å². The third-order valence-corrected chi connectivity index (χ3v) is 3.67. The summed E-state index contributed by atoms with van der Waals surface area (Å²) in [5.74, 6) is 2.07. The number of hydrogen-bond acceptors (Lipinski definition) is 3. The number of methoxy groups -OCH3 is 1. The lowest BCUT2D eigenvalue weighted by Gasteiger charge is -2.15. The van der Waals surface area contributed by atoms with E-state index in [0.29, 0.717) is 12.5 Å². The summed E-state index contributed by atoms with van der Waals surface area (Å²) in [6.45, 7) is 9.95.